The van der Waals surface area contributed by atoms with E-state index in [-0.39, 0.29) is 0 Å². The van der Waals surface area contributed by atoms with Crippen LogP contribution >= 0.6 is 11.6 Å². The van der Waals surface area contributed by atoms with Gasteiger partial charge in [0.15, 0.2) is 0 Å². The highest BCUT2D eigenvalue weighted by atomic mass is 35.5. The molecule has 0 bridgehead atoms. The van der Waals surface area contributed by atoms with Crippen LogP contribution in [0.4, 0.5) is 0 Å². The first-order valence-electron chi connectivity index (χ1n) is 5.49. The molecule has 0 radical (unpaired) electrons. The summed E-state index contributed by atoms with van der Waals surface area (Å²) in [5.74, 6) is 0. The Labute approximate surface area is 96.2 Å². The minimum Gasteiger partial charge on any atom is -0.314 e. The van der Waals surface area contributed by atoms with Gasteiger partial charge in [-0.3, -0.25) is 4.90 Å². The molecular weight excluding hydrogens is 208 g/mol. The summed E-state index contributed by atoms with van der Waals surface area (Å²) in [4.78, 5) is 2.47. The van der Waals surface area contributed by atoms with E-state index in [0.717, 1.165) is 31.2 Å². The van der Waals surface area contributed by atoms with Gasteiger partial charge in [-0.25, -0.2) is 0 Å². The molecule has 0 saturated carbocycles. The number of nitrogens with one attached hydrogen (secondary N) is 1. The Hall–Kier alpha value is -0.570. The maximum Gasteiger partial charge on any atom is 0.0451 e. The number of hydrogen-bond acceptors (Lipinski definition) is 2. The van der Waals surface area contributed by atoms with Gasteiger partial charge in [0.25, 0.3) is 0 Å². The Morgan fingerprint density at radius 3 is 2.67 bits per heavy atom. The van der Waals surface area contributed by atoms with Crippen molar-refractivity contribution in [2.45, 2.75) is 19.5 Å². The molecule has 15 heavy (non-hydrogen) atoms. The fraction of sp³-hybridized carbons (Fsp3) is 0.500. The summed E-state index contributed by atoms with van der Waals surface area (Å²) in [5, 5.41) is 4.18. The van der Waals surface area contributed by atoms with Crippen molar-refractivity contribution in [3.8, 4) is 0 Å². The first-order valence-corrected chi connectivity index (χ1v) is 5.87. The average molecular weight is 225 g/mol. The third-order valence-corrected chi connectivity index (χ3v) is 3.38. The van der Waals surface area contributed by atoms with Crippen molar-refractivity contribution in [2.24, 2.45) is 0 Å². The Balaban J connectivity index is 2.02. The molecule has 1 heterocycles. The summed E-state index contributed by atoms with van der Waals surface area (Å²) in [7, 11) is 0. The summed E-state index contributed by atoms with van der Waals surface area (Å²) in [5.41, 5.74) is 1.23. The second-order valence-corrected chi connectivity index (χ2v) is 4.37. The van der Waals surface area contributed by atoms with Crippen LogP contribution in [0.1, 0.15) is 12.5 Å². The van der Waals surface area contributed by atoms with Gasteiger partial charge in [-0.1, -0.05) is 36.7 Å². The lowest BCUT2D eigenvalue weighted by molar-refractivity contribution is 0.145. The summed E-state index contributed by atoms with van der Waals surface area (Å²) >= 11 is 6.15. The van der Waals surface area contributed by atoms with Crippen molar-refractivity contribution in [1.29, 1.82) is 0 Å². The zero-order valence-electron chi connectivity index (χ0n) is 9.04. The topological polar surface area (TPSA) is 15.3 Å². The fourth-order valence-corrected chi connectivity index (χ4v) is 2.07. The van der Waals surface area contributed by atoms with Crippen LogP contribution in [0.3, 0.4) is 0 Å². The number of hydrogen-bond donors (Lipinski definition) is 1. The summed E-state index contributed by atoms with van der Waals surface area (Å²) < 4.78 is 0. The van der Waals surface area contributed by atoms with E-state index < -0.39 is 0 Å². The predicted molar refractivity (Wildman–Crippen MR) is 64.2 cm³/mol. The fourth-order valence-electron chi connectivity index (χ4n) is 1.88. The number of nitrogens with zero attached hydrogens (tertiary/aromatic N) is 1. The third kappa shape index (κ3) is 2.51. The van der Waals surface area contributed by atoms with E-state index in [0.29, 0.717) is 6.04 Å². The zero-order chi connectivity index (χ0) is 10.7. The molecule has 0 amide bonds. The molecule has 1 saturated heterocycles. The van der Waals surface area contributed by atoms with Crippen LogP contribution in [0.2, 0.25) is 5.02 Å². The first-order chi connectivity index (χ1) is 7.31. The van der Waals surface area contributed by atoms with Crippen LogP contribution in [0.5, 0.6) is 0 Å². The van der Waals surface area contributed by atoms with Gasteiger partial charge in [0.1, 0.15) is 0 Å². The van der Waals surface area contributed by atoms with Gasteiger partial charge >= 0.3 is 0 Å². The molecular formula is C12H17ClN2. The number of rotatable bonds is 4. The lowest BCUT2D eigenvalue weighted by Crippen LogP contribution is -2.56. The van der Waals surface area contributed by atoms with Crippen LogP contribution in [-0.4, -0.2) is 30.6 Å². The van der Waals surface area contributed by atoms with Gasteiger partial charge in [0.05, 0.1) is 0 Å². The van der Waals surface area contributed by atoms with Crippen molar-refractivity contribution in [2.75, 3.05) is 19.6 Å². The van der Waals surface area contributed by atoms with E-state index in [4.69, 9.17) is 11.6 Å². The molecule has 0 atom stereocenters. The van der Waals surface area contributed by atoms with E-state index >= 15 is 0 Å². The highest BCUT2D eigenvalue weighted by Crippen LogP contribution is 2.18. The maximum atomic E-state index is 6.15. The molecule has 2 nitrogen and oxygen atoms in total. The van der Waals surface area contributed by atoms with Gasteiger partial charge in [-0.05, 0) is 18.2 Å². The van der Waals surface area contributed by atoms with E-state index in [1.54, 1.807) is 0 Å². The van der Waals surface area contributed by atoms with Crippen molar-refractivity contribution >= 4 is 11.6 Å². The van der Waals surface area contributed by atoms with Crippen LogP contribution in [0, 0.1) is 0 Å². The normalized spacial score (nSPS) is 16.7. The van der Waals surface area contributed by atoms with Crippen LogP contribution in [0.25, 0.3) is 0 Å². The second-order valence-electron chi connectivity index (χ2n) is 3.97. The molecule has 1 aromatic rings. The van der Waals surface area contributed by atoms with E-state index in [1.807, 2.05) is 18.2 Å². The Kier molecular flexibility index (Phi) is 3.62. The largest absolute Gasteiger partial charge is 0.314 e. The summed E-state index contributed by atoms with van der Waals surface area (Å²) in [6, 6.07) is 8.79. The molecule has 1 aliphatic rings. The minimum atomic E-state index is 0.686. The van der Waals surface area contributed by atoms with Crippen LogP contribution in [-0.2, 0) is 6.54 Å². The van der Waals surface area contributed by atoms with Gasteiger partial charge in [-0.2, -0.15) is 0 Å². The van der Waals surface area contributed by atoms with Crippen LogP contribution < -0.4 is 5.32 Å². The van der Waals surface area contributed by atoms with Gasteiger partial charge < -0.3 is 5.32 Å². The molecule has 1 fully saturated rings. The van der Waals surface area contributed by atoms with E-state index in [1.165, 1.54) is 5.56 Å². The molecule has 82 valence electrons. The summed E-state index contributed by atoms with van der Waals surface area (Å²) in [6.07, 6.45) is 0. The smallest absolute Gasteiger partial charge is 0.0451 e. The Morgan fingerprint density at radius 1 is 1.40 bits per heavy atom. The van der Waals surface area contributed by atoms with Crippen LogP contribution in [0.15, 0.2) is 24.3 Å². The number of benzene rings is 1. The second kappa shape index (κ2) is 4.97. The lowest BCUT2D eigenvalue weighted by Gasteiger charge is -2.37. The quantitative estimate of drug-likeness (QED) is 0.843. The van der Waals surface area contributed by atoms with Crippen molar-refractivity contribution in [3.05, 3.63) is 34.9 Å². The predicted octanol–water partition coefficient (Wildman–Crippen LogP) is 2.13. The number of likely N-dealkylation sites (N-methyl/N-ethyl adjacent to an activating group) is 1. The standard InChI is InChI=1S/C12H17ClN2/c1-2-15(11-7-14-8-11)9-10-5-3-4-6-12(10)13/h3-6,11,14H,2,7-9H2,1H3. The monoisotopic (exact) mass is 224 g/mol. The van der Waals surface area contributed by atoms with Crippen molar-refractivity contribution < 1.29 is 0 Å². The highest BCUT2D eigenvalue weighted by molar-refractivity contribution is 6.31. The third-order valence-electron chi connectivity index (χ3n) is 3.01. The lowest BCUT2D eigenvalue weighted by atomic mass is 10.1. The first kappa shape index (κ1) is 10.9. The van der Waals surface area contributed by atoms with Gasteiger partial charge in [0.2, 0.25) is 0 Å². The van der Waals surface area contributed by atoms with Gasteiger partial charge in [0, 0.05) is 30.7 Å². The molecule has 0 unspecified atom stereocenters. The molecule has 1 aliphatic heterocycles. The Bertz CT molecular complexity index is 323. The molecule has 1 aromatic carbocycles. The zero-order valence-corrected chi connectivity index (χ0v) is 9.80. The number of halogens is 1. The molecule has 1 N–H and O–H groups in total. The molecule has 0 aliphatic carbocycles. The maximum absolute atomic E-state index is 6.15. The minimum absolute atomic E-state index is 0.686. The Morgan fingerprint density at radius 2 is 2.13 bits per heavy atom. The molecule has 0 spiro atoms. The van der Waals surface area contributed by atoms with E-state index in [2.05, 4.69) is 23.2 Å². The molecule has 3 heteroatoms. The summed E-state index contributed by atoms with van der Waals surface area (Å²) in [6.45, 7) is 6.46. The molecule has 0 aromatic heterocycles. The van der Waals surface area contributed by atoms with E-state index in [9.17, 15) is 0 Å². The SMILES string of the molecule is CCN(Cc1ccccc1Cl)C1CNC1. The molecule has 2 rings (SSSR count). The van der Waals surface area contributed by atoms with Crippen molar-refractivity contribution in [1.82, 2.24) is 10.2 Å². The average Bonchev–Trinajstić information content (AvgIpc) is 2.17. The highest BCUT2D eigenvalue weighted by Gasteiger charge is 2.23. The van der Waals surface area contributed by atoms with Crippen molar-refractivity contribution in [3.63, 3.8) is 0 Å². The van der Waals surface area contributed by atoms with Gasteiger partial charge in [-0.15, -0.1) is 0 Å².